The van der Waals surface area contributed by atoms with E-state index in [-0.39, 0.29) is 61.3 Å². The summed E-state index contributed by atoms with van der Waals surface area (Å²) < 4.78 is 0. The number of hydrogen-bond donors (Lipinski definition) is 3. The van der Waals surface area contributed by atoms with Crippen LogP contribution in [-0.4, -0.2) is 70.0 Å². The van der Waals surface area contributed by atoms with Gasteiger partial charge in [0.25, 0.3) is 0 Å². The lowest BCUT2D eigenvalue weighted by Gasteiger charge is -2.48. The summed E-state index contributed by atoms with van der Waals surface area (Å²) in [6.07, 6.45) is 4.57. The van der Waals surface area contributed by atoms with Gasteiger partial charge in [-0.3, -0.25) is 19.3 Å². The smallest absolute Gasteiger partial charge is 0.337 e. The maximum atomic E-state index is 13.4. The molecule has 1 saturated carbocycles. The summed E-state index contributed by atoms with van der Waals surface area (Å²) in [5.41, 5.74) is 4.93. The van der Waals surface area contributed by atoms with Crippen LogP contribution in [0.4, 0.5) is 10.5 Å². The van der Waals surface area contributed by atoms with E-state index in [1.807, 2.05) is 38.1 Å². The van der Waals surface area contributed by atoms with Crippen LogP contribution in [-0.2, 0) is 20.8 Å². The highest BCUT2D eigenvalue weighted by Crippen LogP contribution is 2.38. The van der Waals surface area contributed by atoms with E-state index >= 15 is 0 Å². The van der Waals surface area contributed by atoms with Crippen molar-refractivity contribution in [1.29, 1.82) is 0 Å². The summed E-state index contributed by atoms with van der Waals surface area (Å²) in [5, 5.41) is 7.06. The number of urea groups is 1. The largest absolute Gasteiger partial charge is 0.354 e. The Kier molecular flexibility index (Phi) is 8.13. The normalized spacial score (nSPS) is 24.3. The van der Waals surface area contributed by atoms with Gasteiger partial charge in [0.15, 0.2) is 6.29 Å². The van der Waals surface area contributed by atoms with Gasteiger partial charge in [-0.2, -0.15) is 5.43 Å². The molecule has 0 radical (unpaired) electrons. The molecule has 1 aliphatic carbocycles. The summed E-state index contributed by atoms with van der Waals surface area (Å²) in [7, 11) is 0. The van der Waals surface area contributed by atoms with Crippen LogP contribution in [0.3, 0.4) is 0 Å². The van der Waals surface area contributed by atoms with Crippen LogP contribution >= 0.6 is 0 Å². The topological polar surface area (TPSA) is 114 Å². The van der Waals surface area contributed by atoms with E-state index in [1.165, 1.54) is 10.6 Å². The molecular formula is C26H38N6O4. The fraction of sp³-hybridized carbons (Fsp3) is 0.615. The number of hydrazine groups is 1. The highest BCUT2D eigenvalue weighted by atomic mass is 16.2. The molecule has 3 fully saturated rings. The van der Waals surface area contributed by atoms with Gasteiger partial charge in [0, 0.05) is 30.7 Å². The third-order valence-corrected chi connectivity index (χ3v) is 7.52. The molecule has 5 amide bonds. The van der Waals surface area contributed by atoms with E-state index < -0.39 is 6.29 Å². The predicted octanol–water partition coefficient (Wildman–Crippen LogP) is 2.42. The highest BCUT2D eigenvalue weighted by Gasteiger charge is 2.54. The number of hydrogen-bond acceptors (Lipinski definition) is 5. The average molecular weight is 499 g/mol. The molecule has 4 rings (SSSR count). The number of rotatable bonds is 9. The van der Waals surface area contributed by atoms with Gasteiger partial charge >= 0.3 is 6.03 Å². The maximum absolute atomic E-state index is 13.4. The molecule has 4 unspecified atom stereocenters. The van der Waals surface area contributed by atoms with Crippen LogP contribution in [0, 0.1) is 5.92 Å². The monoisotopic (exact) mass is 498 g/mol. The Morgan fingerprint density at radius 3 is 2.50 bits per heavy atom. The summed E-state index contributed by atoms with van der Waals surface area (Å²) in [5.74, 6) is -0.751. The van der Waals surface area contributed by atoms with Crippen molar-refractivity contribution in [2.24, 2.45) is 5.92 Å². The third kappa shape index (κ3) is 5.48. The van der Waals surface area contributed by atoms with E-state index in [9.17, 15) is 19.2 Å². The maximum Gasteiger partial charge on any atom is 0.337 e. The molecule has 2 heterocycles. The molecule has 4 atom stereocenters. The number of nitrogens with zero attached hydrogens (tertiary/aromatic N) is 3. The van der Waals surface area contributed by atoms with E-state index in [0.717, 1.165) is 38.5 Å². The lowest BCUT2D eigenvalue weighted by Crippen LogP contribution is -2.66. The molecule has 0 aromatic heterocycles. The van der Waals surface area contributed by atoms with Crippen molar-refractivity contribution in [3.8, 4) is 0 Å². The van der Waals surface area contributed by atoms with Gasteiger partial charge in [0.05, 0.1) is 5.92 Å². The zero-order chi connectivity index (χ0) is 25.8. The number of anilines is 1. The Labute approximate surface area is 212 Å². The molecule has 2 saturated heterocycles. The molecule has 36 heavy (non-hydrogen) atoms. The Morgan fingerprint density at radius 1 is 1.08 bits per heavy atom. The number of carbonyl (C=O) groups excluding carboxylic acids is 4. The zero-order valence-corrected chi connectivity index (χ0v) is 21.5. The fourth-order valence-electron chi connectivity index (χ4n) is 5.29. The molecule has 2 aliphatic heterocycles. The van der Waals surface area contributed by atoms with E-state index in [2.05, 4.69) is 23.0 Å². The lowest BCUT2D eigenvalue weighted by atomic mass is 9.81. The van der Waals surface area contributed by atoms with Gasteiger partial charge in [-0.25, -0.2) is 9.80 Å². The van der Waals surface area contributed by atoms with E-state index in [4.69, 9.17) is 0 Å². The Hall–Kier alpha value is -3.14. The Morgan fingerprint density at radius 2 is 1.81 bits per heavy atom. The summed E-state index contributed by atoms with van der Waals surface area (Å²) in [4.78, 5) is 55.3. The first-order chi connectivity index (χ1) is 17.3. The first-order valence-electron chi connectivity index (χ1n) is 13.2. The van der Waals surface area contributed by atoms with Crippen LogP contribution in [0.25, 0.3) is 0 Å². The average Bonchev–Trinajstić information content (AvgIpc) is 3.19. The predicted molar refractivity (Wildman–Crippen MR) is 135 cm³/mol. The molecule has 10 nitrogen and oxygen atoms in total. The number of fused-ring (bicyclic) bond motifs is 3. The van der Waals surface area contributed by atoms with E-state index in [1.54, 1.807) is 9.80 Å². The van der Waals surface area contributed by atoms with Gasteiger partial charge < -0.3 is 15.5 Å². The van der Waals surface area contributed by atoms with Crippen molar-refractivity contribution in [1.82, 2.24) is 25.6 Å². The molecule has 1 aromatic rings. The van der Waals surface area contributed by atoms with Crippen LogP contribution in [0.15, 0.2) is 24.3 Å². The molecular weight excluding hydrogens is 460 g/mol. The van der Waals surface area contributed by atoms with Crippen molar-refractivity contribution in [3.63, 3.8) is 0 Å². The number of nitrogens with one attached hydrogen (secondary N) is 3. The summed E-state index contributed by atoms with van der Waals surface area (Å²) >= 11 is 0. The van der Waals surface area contributed by atoms with Crippen molar-refractivity contribution in [2.75, 3.05) is 18.4 Å². The van der Waals surface area contributed by atoms with Crippen molar-refractivity contribution >= 4 is 29.4 Å². The second-order valence-electron chi connectivity index (χ2n) is 9.99. The molecule has 0 spiro atoms. The molecule has 10 heteroatoms. The highest BCUT2D eigenvalue weighted by molar-refractivity contribution is 5.95. The van der Waals surface area contributed by atoms with Crippen LogP contribution in [0.2, 0.25) is 0 Å². The van der Waals surface area contributed by atoms with Crippen molar-refractivity contribution in [2.45, 2.75) is 84.1 Å². The zero-order valence-electron chi connectivity index (χ0n) is 21.5. The van der Waals surface area contributed by atoms with Gasteiger partial charge in [0.1, 0.15) is 6.54 Å². The third-order valence-electron chi connectivity index (χ3n) is 7.52. The van der Waals surface area contributed by atoms with Crippen LogP contribution in [0.5, 0.6) is 0 Å². The Bertz CT molecular complexity index is 983. The first-order valence-corrected chi connectivity index (χ1v) is 13.2. The fourth-order valence-corrected chi connectivity index (χ4v) is 5.29. The SMILES string of the molecule is CCc1ccc(NC(=O)CN2NC3N(CCC(=O)NC(C)CC)C(=O)C4CCCCC4N3C2=O)cc1. The van der Waals surface area contributed by atoms with Gasteiger partial charge in [-0.1, -0.05) is 38.8 Å². The first kappa shape index (κ1) is 25.9. The lowest BCUT2D eigenvalue weighted by molar-refractivity contribution is -0.156. The van der Waals surface area contributed by atoms with Gasteiger partial charge in [-0.15, -0.1) is 0 Å². The molecule has 196 valence electrons. The molecule has 1 aromatic carbocycles. The minimum atomic E-state index is -0.697. The minimum Gasteiger partial charge on any atom is -0.354 e. The quantitative estimate of drug-likeness (QED) is 0.484. The van der Waals surface area contributed by atoms with Crippen molar-refractivity contribution in [3.05, 3.63) is 29.8 Å². The summed E-state index contributed by atoms with van der Waals surface area (Å²) in [6.45, 7) is 6.02. The number of carbonyl (C=O) groups is 4. The number of amides is 5. The van der Waals surface area contributed by atoms with Crippen LogP contribution < -0.4 is 16.1 Å². The number of aryl methyl sites for hydroxylation is 1. The molecule has 3 N–H and O–H groups in total. The second-order valence-corrected chi connectivity index (χ2v) is 9.99. The molecule has 0 bridgehead atoms. The van der Waals surface area contributed by atoms with E-state index in [0.29, 0.717) is 5.69 Å². The second kappa shape index (κ2) is 11.3. The standard InChI is InChI=1S/C26H38N6O4/c1-4-17(3)27-22(33)14-15-30-24(35)20-8-6-7-9-21(20)32-25(30)29-31(26(32)36)16-23(34)28-19-12-10-18(5-2)11-13-19/h10-13,17,20-21,25,29H,4-9,14-16H2,1-3H3,(H,27,33)(H,28,34). The minimum absolute atomic E-state index is 0.0279. The van der Waals surface area contributed by atoms with Crippen molar-refractivity contribution < 1.29 is 19.2 Å². The van der Waals surface area contributed by atoms with Crippen LogP contribution in [0.1, 0.15) is 64.9 Å². The van der Waals surface area contributed by atoms with Gasteiger partial charge in [0.2, 0.25) is 17.7 Å². The Balaban J connectivity index is 1.45. The van der Waals surface area contributed by atoms with Gasteiger partial charge in [-0.05, 0) is 50.3 Å². The number of benzene rings is 1. The molecule has 3 aliphatic rings. The summed E-state index contributed by atoms with van der Waals surface area (Å²) in [6, 6.07) is 7.16.